The van der Waals surface area contributed by atoms with Crippen molar-refractivity contribution in [3.63, 3.8) is 0 Å². The molecule has 0 aliphatic rings. The average molecular weight is 690 g/mol. The van der Waals surface area contributed by atoms with Gasteiger partial charge in [-0.25, -0.2) is 15.0 Å². The van der Waals surface area contributed by atoms with E-state index in [9.17, 15) is 0 Å². The normalized spacial score (nSPS) is 11.7. The number of hydrogen-bond acceptors (Lipinski definition) is 3. The lowest BCUT2D eigenvalue weighted by molar-refractivity contribution is 1.07. The van der Waals surface area contributed by atoms with Crippen LogP contribution in [0.5, 0.6) is 0 Å². The van der Waals surface area contributed by atoms with E-state index in [1.54, 1.807) is 0 Å². The lowest BCUT2D eigenvalue weighted by atomic mass is 9.99. The first-order chi connectivity index (χ1) is 26.8. The number of aromatic nitrogens is 5. The lowest BCUT2D eigenvalue weighted by Gasteiger charge is -2.15. The van der Waals surface area contributed by atoms with E-state index in [1.807, 2.05) is 36.4 Å². The molecule has 0 bridgehead atoms. The van der Waals surface area contributed by atoms with Gasteiger partial charge in [0.1, 0.15) is 0 Å². The second-order valence-corrected chi connectivity index (χ2v) is 13.6. The number of benzene rings is 8. The molecule has 0 amide bonds. The summed E-state index contributed by atoms with van der Waals surface area (Å²) >= 11 is 0. The van der Waals surface area contributed by atoms with Crippen molar-refractivity contribution in [1.29, 1.82) is 0 Å². The van der Waals surface area contributed by atoms with Crippen molar-refractivity contribution >= 4 is 54.4 Å². The maximum absolute atomic E-state index is 5.27. The van der Waals surface area contributed by atoms with Gasteiger partial charge < -0.3 is 9.13 Å². The van der Waals surface area contributed by atoms with E-state index in [0.717, 1.165) is 55.3 Å². The predicted molar refractivity (Wildman–Crippen MR) is 222 cm³/mol. The highest BCUT2D eigenvalue weighted by molar-refractivity contribution is 6.20. The van der Waals surface area contributed by atoms with Gasteiger partial charge >= 0.3 is 0 Å². The standard InChI is InChI=1S/C49H31N5/c1-3-15-32(16-4-1)47-50-48(33-17-5-2-6-18-33)52-49(51-47)45-37-20-8-7-19-34(37)31-41-40-23-11-14-26-44(40)54(46(41)45)36-29-27-35(28-30-36)53-42-24-12-9-21-38(42)39-22-10-13-25-43(39)53/h1-31H. The van der Waals surface area contributed by atoms with Crippen molar-refractivity contribution in [3.8, 4) is 45.5 Å². The van der Waals surface area contributed by atoms with Crippen LogP contribution in [0.15, 0.2) is 188 Å². The first-order valence-electron chi connectivity index (χ1n) is 18.2. The molecule has 0 saturated heterocycles. The van der Waals surface area contributed by atoms with Crippen LogP contribution in [0.2, 0.25) is 0 Å². The largest absolute Gasteiger partial charge is 0.309 e. The molecule has 3 heterocycles. The summed E-state index contributed by atoms with van der Waals surface area (Å²) in [6, 6.07) is 66.2. The minimum absolute atomic E-state index is 0.635. The SMILES string of the molecule is c1ccc(-c2nc(-c3ccccc3)nc(-c3c4ccccc4cc4c5ccccc5n(-c5ccc(-n6c7ccccc7c7ccccc76)cc5)c34)n2)cc1. The zero-order valence-electron chi connectivity index (χ0n) is 29.1. The summed E-state index contributed by atoms with van der Waals surface area (Å²) in [6.07, 6.45) is 0. The van der Waals surface area contributed by atoms with Crippen LogP contribution in [-0.2, 0) is 0 Å². The molecule has 11 aromatic rings. The highest BCUT2D eigenvalue weighted by atomic mass is 15.1. The molecule has 54 heavy (non-hydrogen) atoms. The molecule has 11 rings (SSSR count). The smallest absolute Gasteiger partial charge is 0.166 e. The van der Waals surface area contributed by atoms with E-state index in [1.165, 1.54) is 27.2 Å². The molecule has 0 atom stereocenters. The molecule has 0 aliphatic heterocycles. The number of rotatable bonds is 5. The molecule has 0 spiro atoms. The van der Waals surface area contributed by atoms with Crippen LogP contribution in [0.4, 0.5) is 0 Å². The molecule has 5 heteroatoms. The van der Waals surface area contributed by atoms with Gasteiger partial charge in [0.05, 0.1) is 27.6 Å². The zero-order valence-corrected chi connectivity index (χ0v) is 29.1. The zero-order chi connectivity index (χ0) is 35.6. The minimum Gasteiger partial charge on any atom is -0.309 e. The summed E-state index contributed by atoms with van der Waals surface area (Å²) in [5.74, 6) is 1.91. The molecular formula is C49H31N5. The van der Waals surface area contributed by atoms with Gasteiger partial charge in [-0.05, 0) is 59.3 Å². The monoisotopic (exact) mass is 689 g/mol. The van der Waals surface area contributed by atoms with Gasteiger partial charge in [0.2, 0.25) is 0 Å². The Hall–Kier alpha value is -7.37. The van der Waals surface area contributed by atoms with E-state index in [0.29, 0.717) is 17.5 Å². The number of nitrogens with zero attached hydrogens (tertiary/aromatic N) is 5. The summed E-state index contributed by atoms with van der Waals surface area (Å²) < 4.78 is 4.75. The van der Waals surface area contributed by atoms with Crippen LogP contribution in [0, 0.1) is 0 Å². The summed E-state index contributed by atoms with van der Waals surface area (Å²) in [5.41, 5.74) is 9.58. The fraction of sp³-hybridized carbons (Fsp3) is 0. The molecule has 0 N–H and O–H groups in total. The van der Waals surface area contributed by atoms with Gasteiger partial charge in [-0.3, -0.25) is 0 Å². The molecule has 3 aromatic heterocycles. The minimum atomic E-state index is 0.635. The van der Waals surface area contributed by atoms with Crippen LogP contribution in [0.1, 0.15) is 0 Å². The van der Waals surface area contributed by atoms with E-state index >= 15 is 0 Å². The maximum Gasteiger partial charge on any atom is 0.166 e. The molecule has 8 aromatic carbocycles. The van der Waals surface area contributed by atoms with Crippen LogP contribution in [0.3, 0.4) is 0 Å². The second-order valence-electron chi connectivity index (χ2n) is 13.6. The lowest BCUT2D eigenvalue weighted by Crippen LogP contribution is -2.03. The first kappa shape index (κ1) is 30.3. The average Bonchev–Trinajstić information content (AvgIpc) is 3.76. The Kier molecular flexibility index (Phi) is 6.79. The molecule has 5 nitrogen and oxygen atoms in total. The summed E-state index contributed by atoms with van der Waals surface area (Å²) in [4.78, 5) is 15.6. The van der Waals surface area contributed by atoms with Gasteiger partial charge in [0.15, 0.2) is 17.5 Å². The molecule has 0 radical (unpaired) electrons. The Morgan fingerprint density at radius 3 is 1.28 bits per heavy atom. The third-order valence-electron chi connectivity index (χ3n) is 10.5. The number of para-hydroxylation sites is 3. The Balaban J connectivity index is 1.21. The Morgan fingerprint density at radius 1 is 0.315 bits per heavy atom. The second kappa shape index (κ2) is 12.1. The molecule has 252 valence electrons. The first-order valence-corrected chi connectivity index (χ1v) is 18.2. The Labute approximate surface area is 311 Å². The highest BCUT2D eigenvalue weighted by Crippen LogP contribution is 2.42. The van der Waals surface area contributed by atoms with Crippen molar-refractivity contribution in [3.05, 3.63) is 188 Å². The van der Waals surface area contributed by atoms with Gasteiger partial charge in [-0.15, -0.1) is 0 Å². The maximum atomic E-state index is 5.27. The van der Waals surface area contributed by atoms with Crippen LogP contribution < -0.4 is 0 Å². The van der Waals surface area contributed by atoms with E-state index in [-0.39, 0.29) is 0 Å². The van der Waals surface area contributed by atoms with Gasteiger partial charge in [-0.1, -0.05) is 140 Å². The molecule has 0 fully saturated rings. The Morgan fingerprint density at radius 2 is 0.722 bits per heavy atom. The van der Waals surface area contributed by atoms with E-state index < -0.39 is 0 Å². The van der Waals surface area contributed by atoms with E-state index in [2.05, 4.69) is 161 Å². The third-order valence-corrected chi connectivity index (χ3v) is 10.5. The summed E-state index contributed by atoms with van der Waals surface area (Å²) in [6.45, 7) is 0. The van der Waals surface area contributed by atoms with Crippen molar-refractivity contribution < 1.29 is 0 Å². The van der Waals surface area contributed by atoms with Crippen molar-refractivity contribution in [2.24, 2.45) is 0 Å². The molecule has 0 unspecified atom stereocenters. The van der Waals surface area contributed by atoms with Crippen molar-refractivity contribution in [1.82, 2.24) is 24.1 Å². The summed E-state index contributed by atoms with van der Waals surface area (Å²) in [5, 5.41) is 7.03. The molecular weight excluding hydrogens is 659 g/mol. The fourth-order valence-corrected chi connectivity index (χ4v) is 8.16. The third kappa shape index (κ3) is 4.69. The van der Waals surface area contributed by atoms with Gasteiger partial charge in [0.25, 0.3) is 0 Å². The fourth-order valence-electron chi connectivity index (χ4n) is 8.16. The van der Waals surface area contributed by atoms with Crippen molar-refractivity contribution in [2.75, 3.05) is 0 Å². The highest BCUT2D eigenvalue weighted by Gasteiger charge is 2.23. The van der Waals surface area contributed by atoms with Crippen LogP contribution in [0.25, 0.3) is 99.9 Å². The number of fused-ring (bicyclic) bond motifs is 7. The van der Waals surface area contributed by atoms with Gasteiger partial charge in [-0.2, -0.15) is 0 Å². The Bertz CT molecular complexity index is 3080. The topological polar surface area (TPSA) is 48.5 Å². The predicted octanol–water partition coefficient (Wildman–Crippen LogP) is 12.2. The van der Waals surface area contributed by atoms with Crippen LogP contribution in [-0.4, -0.2) is 24.1 Å². The molecule has 0 aliphatic carbocycles. The molecule has 0 saturated carbocycles. The van der Waals surface area contributed by atoms with E-state index in [4.69, 9.17) is 15.0 Å². The van der Waals surface area contributed by atoms with Gasteiger partial charge in [0, 0.05) is 44.0 Å². The number of hydrogen-bond donors (Lipinski definition) is 0. The van der Waals surface area contributed by atoms with Crippen LogP contribution >= 0.6 is 0 Å². The quantitative estimate of drug-likeness (QED) is 0.181. The summed E-state index contributed by atoms with van der Waals surface area (Å²) in [7, 11) is 0. The van der Waals surface area contributed by atoms with Crippen molar-refractivity contribution in [2.45, 2.75) is 0 Å².